The van der Waals surface area contributed by atoms with Crippen molar-refractivity contribution >= 4 is 12.2 Å². The molecule has 3 rings (SSSR count). The van der Waals surface area contributed by atoms with Crippen molar-refractivity contribution in [3.05, 3.63) is 70.9 Å². The first-order chi connectivity index (χ1) is 9.65. The highest BCUT2D eigenvalue weighted by Gasteiger charge is 2.09. The van der Waals surface area contributed by atoms with Gasteiger partial charge in [-0.05, 0) is 17.7 Å². The van der Waals surface area contributed by atoms with Gasteiger partial charge >= 0.3 is 0 Å². The van der Waals surface area contributed by atoms with Gasteiger partial charge in [0.1, 0.15) is 10.5 Å². The van der Waals surface area contributed by atoms with E-state index >= 15 is 0 Å². The molecule has 0 saturated heterocycles. The predicted molar refractivity (Wildman–Crippen MR) is 76.3 cm³/mol. The molecule has 0 aliphatic carbocycles. The lowest BCUT2D eigenvalue weighted by Crippen LogP contribution is -2.00. The number of hydrogen-bond donors (Lipinski definition) is 1. The van der Waals surface area contributed by atoms with E-state index in [1.807, 2.05) is 30.3 Å². The van der Waals surface area contributed by atoms with Gasteiger partial charge in [-0.3, -0.25) is 5.10 Å². The Morgan fingerprint density at radius 3 is 2.40 bits per heavy atom. The average molecular weight is 288 g/mol. The Morgan fingerprint density at radius 1 is 0.950 bits per heavy atom. The van der Waals surface area contributed by atoms with Crippen LogP contribution in [-0.4, -0.2) is 9.78 Å². The van der Waals surface area contributed by atoms with Gasteiger partial charge in [-0.15, -0.1) is 0 Å². The third-order valence-corrected chi connectivity index (χ3v) is 3.26. The lowest BCUT2D eigenvalue weighted by atomic mass is 10.2. The molecule has 0 saturated carbocycles. The average Bonchev–Trinajstić information content (AvgIpc) is 2.82. The minimum absolute atomic E-state index is 0.193. The number of aromatic amines is 1. The van der Waals surface area contributed by atoms with Crippen LogP contribution < -0.4 is 0 Å². The molecule has 1 aromatic heterocycles. The molecule has 1 N–H and O–H groups in total. The van der Waals surface area contributed by atoms with Crippen LogP contribution in [0.4, 0.5) is 8.78 Å². The lowest BCUT2D eigenvalue weighted by Gasteiger charge is -2.05. The Kier molecular flexibility index (Phi) is 3.20. The number of nitrogens with one attached hydrogen (secondary N) is 1. The van der Waals surface area contributed by atoms with Crippen molar-refractivity contribution in [3.8, 4) is 16.9 Å². The largest absolute Gasteiger partial charge is 0.292 e. The van der Waals surface area contributed by atoms with E-state index in [1.165, 1.54) is 16.8 Å². The van der Waals surface area contributed by atoms with Crippen LogP contribution in [0, 0.1) is 16.3 Å². The third kappa shape index (κ3) is 2.28. The van der Waals surface area contributed by atoms with Crippen LogP contribution >= 0.6 is 12.2 Å². The first kappa shape index (κ1) is 12.7. The molecule has 1 heterocycles. The smallest absolute Gasteiger partial charge is 0.151 e. The van der Waals surface area contributed by atoms with Crippen molar-refractivity contribution in [2.24, 2.45) is 0 Å². The Balaban J connectivity index is 2.12. The van der Waals surface area contributed by atoms with Gasteiger partial charge < -0.3 is 0 Å². The number of H-pyrrole nitrogens is 1. The predicted octanol–water partition coefficient (Wildman–Crippen LogP) is 4.48. The number of benzene rings is 2. The van der Waals surface area contributed by atoms with E-state index < -0.39 is 11.6 Å². The highest BCUT2D eigenvalue weighted by atomic mass is 32.1. The highest BCUT2D eigenvalue weighted by molar-refractivity contribution is 7.71. The summed E-state index contributed by atoms with van der Waals surface area (Å²) in [5.74, 6) is -1.28. The molecule has 0 amide bonds. The van der Waals surface area contributed by atoms with Crippen molar-refractivity contribution < 1.29 is 8.78 Å². The third-order valence-electron chi connectivity index (χ3n) is 2.96. The van der Waals surface area contributed by atoms with E-state index in [-0.39, 0.29) is 5.69 Å². The summed E-state index contributed by atoms with van der Waals surface area (Å²) < 4.78 is 28.6. The zero-order chi connectivity index (χ0) is 14.1. The van der Waals surface area contributed by atoms with Crippen LogP contribution in [0.1, 0.15) is 0 Å². The Bertz CT molecular complexity index is 806. The second-order valence-corrected chi connectivity index (χ2v) is 4.72. The zero-order valence-corrected chi connectivity index (χ0v) is 11.1. The molecule has 0 aliphatic rings. The van der Waals surface area contributed by atoms with E-state index in [0.717, 1.165) is 17.3 Å². The fourth-order valence-electron chi connectivity index (χ4n) is 2.00. The molecular formula is C15H10F2N2S. The van der Waals surface area contributed by atoms with Gasteiger partial charge in [-0.25, -0.2) is 13.5 Å². The molecule has 0 unspecified atom stereocenters. The molecule has 0 aliphatic heterocycles. The summed E-state index contributed by atoms with van der Waals surface area (Å²) in [5.41, 5.74) is 1.91. The maximum Gasteiger partial charge on any atom is 0.151 e. The normalized spacial score (nSPS) is 10.7. The maximum absolute atomic E-state index is 13.8. The van der Waals surface area contributed by atoms with Gasteiger partial charge in [0, 0.05) is 12.1 Å². The van der Waals surface area contributed by atoms with Gasteiger partial charge in [0.2, 0.25) is 0 Å². The molecular weight excluding hydrogens is 278 g/mol. The number of hydrogen-bond acceptors (Lipinski definition) is 1. The van der Waals surface area contributed by atoms with Gasteiger partial charge in [0.15, 0.2) is 5.82 Å². The number of halogens is 2. The lowest BCUT2D eigenvalue weighted by molar-refractivity contribution is 0.573. The van der Waals surface area contributed by atoms with E-state index in [4.69, 9.17) is 12.2 Å². The van der Waals surface area contributed by atoms with E-state index in [1.54, 1.807) is 6.07 Å². The van der Waals surface area contributed by atoms with Crippen LogP contribution in [0.15, 0.2) is 54.6 Å². The molecule has 100 valence electrons. The van der Waals surface area contributed by atoms with E-state index in [9.17, 15) is 8.78 Å². The number of rotatable bonds is 2. The first-order valence-electron chi connectivity index (χ1n) is 5.98. The molecule has 20 heavy (non-hydrogen) atoms. The summed E-state index contributed by atoms with van der Waals surface area (Å²) in [7, 11) is 0. The summed E-state index contributed by atoms with van der Waals surface area (Å²) in [6.45, 7) is 0. The van der Waals surface area contributed by atoms with Crippen molar-refractivity contribution in [2.45, 2.75) is 0 Å². The molecule has 0 radical (unpaired) electrons. The summed E-state index contributed by atoms with van der Waals surface area (Å²) in [6, 6.07) is 14.7. The zero-order valence-electron chi connectivity index (χ0n) is 10.3. The molecule has 5 heteroatoms. The second-order valence-electron chi connectivity index (χ2n) is 4.31. The van der Waals surface area contributed by atoms with Crippen molar-refractivity contribution in [2.75, 3.05) is 0 Å². The molecule has 0 atom stereocenters. The van der Waals surface area contributed by atoms with E-state index in [0.29, 0.717) is 4.64 Å². The quantitative estimate of drug-likeness (QED) is 0.689. The minimum atomic E-state index is -0.664. The van der Waals surface area contributed by atoms with Crippen molar-refractivity contribution in [1.82, 2.24) is 9.78 Å². The Hall–Kier alpha value is -2.27. The topological polar surface area (TPSA) is 20.7 Å². The number of nitrogens with zero attached hydrogens (tertiary/aromatic N) is 1. The van der Waals surface area contributed by atoms with Crippen LogP contribution in [0.3, 0.4) is 0 Å². The van der Waals surface area contributed by atoms with Gasteiger partial charge in [-0.1, -0.05) is 42.5 Å². The van der Waals surface area contributed by atoms with E-state index in [2.05, 4.69) is 5.10 Å². The standard InChI is InChI=1S/C15H10F2N2S/c16-11-6-7-14(12(17)8-11)19-15(20)9-13(18-19)10-4-2-1-3-5-10/h1-9,18H. The summed E-state index contributed by atoms with van der Waals surface area (Å²) in [5, 5.41) is 3.02. The van der Waals surface area contributed by atoms with Gasteiger partial charge in [0.25, 0.3) is 0 Å². The molecule has 3 aromatic rings. The Morgan fingerprint density at radius 2 is 1.70 bits per heavy atom. The van der Waals surface area contributed by atoms with Crippen molar-refractivity contribution in [3.63, 3.8) is 0 Å². The van der Waals surface area contributed by atoms with Gasteiger partial charge in [-0.2, -0.15) is 0 Å². The minimum Gasteiger partial charge on any atom is -0.292 e. The molecule has 0 spiro atoms. The fraction of sp³-hybridized carbons (Fsp3) is 0. The summed E-state index contributed by atoms with van der Waals surface area (Å²) in [4.78, 5) is 0. The first-order valence-corrected chi connectivity index (χ1v) is 6.39. The van der Waals surface area contributed by atoms with Gasteiger partial charge in [0.05, 0.1) is 11.4 Å². The monoisotopic (exact) mass is 288 g/mol. The fourth-order valence-corrected chi connectivity index (χ4v) is 2.26. The maximum atomic E-state index is 13.8. The van der Waals surface area contributed by atoms with Crippen LogP contribution in [0.2, 0.25) is 0 Å². The highest BCUT2D eigenvalue weighted by Crippen LogP contribution is 2.21. The molecule has 2 nitrogen and oxygen atoms in total. The Labute approximate surface area is 119 Å². The molecule has 0 bridgehead atoms. The van der Waals surface area contributed by atoms with Crippen LogP contribution in [-0.2, 0) is 0 Å². The van der Waals surface area contributed by atoms with Crippen LogP contribution in [0.5, 0.6) is 0 Å². The number of aromatic nitrogens is 2. The SMILES string of the molecule is Fc1ccc(-n2[nH]c(-c3ccccc3)cc2=S)c(F)c1. The molecule has 0 fully saturated rings. The second kappa shape index (κ2) is 5.02. The molecule has 2 aromatic carbocycles. The van der Waals surface area contributed by atoms with Crippen LogP contribution in [0.25, 0.3) is 16.9 Å². The summed E-state index contributed by atoms with van der Waals surface area (Å²) in [6.07, 6.45) is 0. The van der Waals surface area contributed by atoms with Crippen molar-refractivity contribution in [1.29, 1.82) is 0 Å². The summed E-state index contributed by atoms with van der Waals surface area (Å²) >= 11 is 5.22.